The minimum atomic E-state index is 0.804. The average molecular weight is 193 g/mol. The van der Waals surface area contributed by atoms with Crippen molar-refractivity contribution in [2.45, 2.75) is 13.8 Å². The Morgan fingerprint density at radius 2 is 2.36 bits per heavy atom. The summed E-state index contributed by atoms with van der Waals surface area (Å²) in [4.78, 5) is 6.36. The molecule has 1 aromatic rings. The van der Waals surface area contributed by atoms with E-state index in [4.69, 9.17) is 5.21 Å². The summed E-state index contributed by atoms with van der Waals surface area (Å²) in [5.74, 6) is 0.961. The van der Waals surface area contributed by atoms with Crippen LogP contribution < -0.4 is 4.90 Å². The van der Waals surface area contributed by atoms with E-state index in [9.17, 15) is 0 Å². The molecule has 0 saturated heterocycles. The molecule has 0 aliphatic carbocycles. The van der Waals surface area contributed by atoms with Gasteiger partial charge in [0.15, 0.2) is 0 Å². The van der Waals surface area contributed by atoms with Gasteiger partial charge in [-0.1, -0.05) is 5.16 Å². The predicted octanol–water partition coefficient (Wildman–Crippen LogP) is 1.65. The Bertz CT molecular complexity index is 336. The second kappa shape index (κ2) is 4.60. The molecule has 0 spiro atoms. The van der Waals surface area contributed by atoms with Crippen molar-refractivity contribution in [3.05, 3.63) is 23.4 Å². The molecule has 0 aliphatic heterocycles. The van der Waals surface area contributed by atoms with Crippen LogP contribution in [0.5, 0.6) is 0 Å². The molecule has 0 amide bonds. The highest BCUT2D eigenvalue weighted by Crippen LogP contribution is 2.15. The molecule has 1 rings (SSSR count). The standard InChI is InChI=1S/C10H15N3O/c1-4-13(3)10-8(2)5-9(6-11-10)7-12-14/h5-7,14H,4H2,1-3H3/b12-7-. The van der Waals surface area contributed by atoms with Gasteiger partial charge < -0.3 is 10.1 Å². The largest absolute Gasteiger partial charge is 0.411 e. The Morgan fingerprint density at radius 3 is 2.86 bits per heavy atom. The van der Waals surface area contributed by atoms with Gasteiger partial charge in [0, 0.05) is 25.4 Å². The summed E-state index contributed by atoms with van der Waals surface area (Å²) in [7, 11) is 2.00. The molecule has 1 N–H and O–H groups in total. The van der Waals surface area contributed by atoms with Crippen LogP contribution in [0.15, 0.2) is 17.4 Å². The fourth-order valence-electron chi connectivity index (χ4n) is 1.28. The van der Waals surface area contributed by atoms with Gasteiger partial charge in [0.2, 0.25) is 0 Å². The average Bonchev–Trinajstić information content (AvgIpc) is 2.17. The highest BCUT2D eigenvalue weighted by Gasteiger charge is 2.04. The minimum absolute atomic E-state index is 0.804. The highest BCUT2D eigenvalue weighted by molar-refractivity contribution is 5.79. The molecule has 14 heavy (non-hydrogen) atoms. The van der Waals surface area contributed by atoms with Crippen molar-refractivity contribution in [3.8, 4) is 0 Å². The molecule has 0 bridgehead atoms. The SMILES string of the molecule is CCN(C)c1ncc(/C=N\O)cc1C. The van der Waals surface area contributed by atoms with Crippen LogP contribution >= 0.6 is 0 Å². The van der Waals surface area contributed by atoms with Crippen molar-refractivity contribution in [1.82, 2.24) is 4.98 Å². The van der Waals surface area contributed by atoms with Gasteiger partial charge in [-0.25, -0.2) is 4.98 Å². The molecule has 76 valence electrons. The lowest BCUT2D eigenvalue weighted by molar-refractivity contribution is 0.322. The molecule has 0 aliphatic rings. The van der Waals surface area contributed by atoms with Crippen molar-refractivity contribution in [3.63, 3.8) is 0 Å². The van der Waals surface area contributed by atoms with Gasteiger partial charge in [0.1, 0.15) is 5.82 Å². The van der Waals surface area contributed by atoms with E-state index in [1.165, 1.54) is 6.21 Å². The summed E-state index contributed by atoms with van der Waals surface area (Å²) in [5, 5.41) is 11.3. The topological polar surface area (TPSA) is 48.7 Å². The first-order valence-corrected chi connectivity index (χ1v) is 4.54. The van der Waals surface area contributed by atoms with E-state index in [1.54, 1.807) is 6.20 Å². The number of hydrogen-bond donors (Lipinski definition) is 1. The highest BCUT2D eigenvalue weighted by atomic mass is 16.4. The van der Waals surface area contributed by atoms with E-state index >= 15 is 0 Å². The van der Waals surface area contributed by atoms with Gasteiger partial charge in [-0.05, 0) is 25.5 Å². The fourth-order valence-corrected chi connectivity index (χ4v) is 1.28. The van der Waals surface area contributed by atoms with Gasteiger partial charge in [-0.3, -0.25) is 0 Å². The first kappa shape index (κ1) is 10.5. The molecule has 0 radical (unpaired) electrons. The zero-order chi connectivity index (χ0) is 10.6. The summed E-state index contributed by atoms with van der Waals surface area (Å²) < 4.78 is 0. The van der Waals surface area contributed by atoms with Crippen molar-refractivity contribution in [2.75, 3.05) is 18.5 Å². The summed E-state index contributed by atoms with van der Waals surface area (Å²) in [5.41, 5.74) is 1.88. The molecule has 4 heteroatoms. The number of rotatable bonds is 3. The molecule has 0 aromatic carbocycles. The number of nitrogens with zero attached hydrogens (tertiary/aromatic N) is 3. The first-order valence-electron chi connectivity index (χ1n) is 4.54. The van der Waals surface area contributed by atoms with Crippen LogP contribution in [0.1, 0.15) is 18.1 Å². The van der Waals surface area contributed by atoms with Crippen molar-refractivity contribution in [2.24, 2.45) is 5.16 Å². The molecule has 4 nitrogen and oxygen atoms in total. The summed E-state index contributed by atoms with van der Waals surface area (Å²) in [6.07, 6.45) is 3.06. The number of aryl methyl sites for hydroxylation is 1. The first-order chi connectivity index (χ1) is 6.69. The Kier molecular flexibility index (Phi) is 3.45. The zero-order valence-electron chi connectivity index (χ0n) is 8.73. The van der Waals surface area contributed by atoms with Crippen LogP contribution in [-0.2, 0) is 0 Å². The van der Waals surface area contributed by atoms with E-state index in [0.717, 1.165) is 23.5 Å². The monoisotopic (exact) mass is 193 g/mol. The number of aromatic nitrogens is 1. The normalized spacial score (nSPS) is 10.8. The number of pyridine rings is 1. The van der Waals surface area contributed by atoms with Gasteiger partial charge in [0.25, 0.3) is 0 Å². The zero-order valence-corrected chi connectivity index (χ0v) is 8.73. The van der Waals surface area contributed by atoms with E-state index < -0.39 is 0 Å². The van der Waals surface area contributed by atoms with Crippen LogP contribution in [0, 0.1) is 6.92 Å². The quantitative estimate of drug-likeness (QED) is 0.451. The number of hydrogen-bond acceptors (Lipinski definition) is 4. The lowest BCUT2D eigenvalue weighted by atomic mass is 10.2. The van der Waals surface area contributed by atoms with Crippen LogP contribution in [0.4, 0.5) is 5.82 Å². The third-order valence-corrected chi connectivity index (χ3v) is 2.11. The van der Waals surface area contributed by atoms with Crippen LogP contribution in [0.2, 0.25) is 0 Å². The number of oxime groups is 1. The maximum atomic E-state index is 8.37. The lowest BCUT2D eigenvalue weighted by Crippen LogP contribution is -2.18. The van der Waals surface area contributed by atoms with E-state index in [1.807, 2.05) is 20.0 Å². The third-order valence-electron chi connectivity index (χ3n) is 2.11. The second-order valence-corrected chi connectivity index (χ2v) is 3.17. The summed E-state index contributed by atoms with van der Waals surface area (Å²) >= 11 is 0. The third kappa shape index (κ3) is 2.22. The molecule has 0 atom stereocenters. The maximum absolute atomic E-state index is 8.37. The Hall–Kier alpha value is -1.58. The second-order valence-electron chi connectivity index (χ2n) is 3.17. The Morgan fingerprint density at radius 1 is 1.64 bits per heavy atom. The van der Waals surface area contributed by atoms with Crippen molar-refractivity contribution >= 4 is 12.0 Å². The Balaban J connectivity index is 3.01. The molecule has 0 saturated carbocycles. The van der Waals surface area contributed by atoms with Crippen LogP contribution in [0.3, 0.4) is 0 Å². The van der Waals surface area contributed by atoms with E-state index in [-0.39, 0.29) is 0 Å². The molecule has 1 aromatic heterocycles. The van der Waals surface area contributed by atoms with Crippen LogP contribution in [0.25, 0.3) is 0 Å². The smallest absolute Gasteiger partial charge is 0.131 e. The van der Waals surface area contributed by atoms with Gasteiger partial charge in [-0.2, -0.15) is 0 Å². The van der Waals surface area contributed by atoms with E-state index in [0.29, 0.717) is 0 Å². The van der Waals surface area contributed by atoms with Crippen molar-refractivity contribution in [1.29, 1.82) is 0 Å². The fraction of sp³-hybridized carbons (Fsp3) is 0.400. The van der Waals surface area contributed by atoms with E-state index in [2.05, 4.69) is 22.0 Å². The summed E-state index contributed by atoms with van der Waals surface area (Å²) in [6.45, 7) is 4.98. The molecular formula is C10H15N3O. The molecule has 0 unspecified atom stereocenters. The minimum Gasteiger partial charge on any atom is -0.411 e. The maximum Gasteiger partial charge on any atom is 0.131 e. The van der Waals surface area contributed by atoms with Crippen molar-refractivity contribution < 1.29 is 5.21 Å². The molecule has 0 fully saturated rings. The molecular weight excluding hydrogens is 178 g/mol. The van der Waals surface area contributed by atoms with Gasteiger partial charge in [0.05, 0.1) is 6.21 Å². The number of anilines is 1. The van der Waals surface area contributed by atoms with Crippen LogP contribution in [-0.4, -0.2) is 30.0 Å². The van der Waals surface area contributed by atoms with Gasteiger partial charge >= 0.3 is 0 Å². The van der Waals surface area contributed by atoms with Gasteiger partial charge in [-0.15, -0.1) is 0 Å². The summed E-state index contributed by atoms with van der Waals surface area (Å²) in [6, 6.07) is 1.94. The predicted molar refractivity (Wildman–Crippen MR) is 57.3 cm³/mol. The lowest BCUT2D eigenvalue weighted by Gasteiger charge is -2.17. The Labute approximate surface area is 83.9 Å². The molecule has 1 heterocycles.